The van der Waals surface area contributed by atoms with Crippen LogP contribution in [-0.2, 0) is 4.79 Å². The molecule has 20 heavy (non-hydrogen) atoms. The summed E-state index contributed by atoms with van der Waals surface area (Å²) >= 11 is 0. The number of nitrogens with zero attached hydrogens (tertiary/aromatic N) is 1. The third-order valence-electron chi connectivity index (χ3n) is 2.79. The first-order valence-corrected chi connectivity index (χ1v) is 6.71. The van der Waals surface area contributed by atoms with E-state index in [1.165, 1.54) is 12.0 Å². The highest BCUT2D eigenvalue weighted by atomic mass is 16.5. The van der Waals surface area contributed by atoms with Crippen LogP contribution in [0.2, 0.25) is 0 Å². The summed E-state index contributed by atoms with van der Waals surface area (Å²) in [7, 11) is 1.52. The number of ether oxygens (including phenoxy) is 1. The maximum absolute atomic E-state index is 12.4. The van der Waals surface area contributed by atoms with Gasteiger partial charge in [0.15, 0.2) is 0 Å². The molecule has 5 heteroatoms. The number of para-hydroxylation sites is 1. The molecule has 5 nitrogen and oxygen atoms in total. The summed E-state index contributed by atoms with van der Waals surface area (Å²) in [4.78, 5) is 25.7. The van der Waals surface area contributed by atoms with Gasteiger partial charge in [0, 0.05) is 12.6 Å². The largest absolute Gasteiger partial charge is 0.496 e. The van der Waals surface area contributed by atoms with Crippen LogP contribution >= 0.6 is 0 Å². The average Bonchev–Trinajstić information content (AvgIpc) is 2.43. The van der Waals surface area contributed by atoms with Crippen LogP contribution < -0.4 is 10.1 Å². The number of carbonyl (C=O) groups is 2. The number of nitrogens with one attached hydrogen (secondary N) is 1. The van der Waals surface area contributed by atoms with Crippen molar-refractivity contribution in [3.8, 4) is 5.75 Å². The molecule has 0 heterocycles. The Balaban J connectivity index is 2.84. The Morgan fingerprint density at radius 3 is 2.50 bits per heavy atom. The highest BCUT2D eigenvalue weighted by Gasteiger charge is 2.20. The van der Waals surface area contributed by atoms with Gasteiger partial charge in [0.1, 0.15) is 5.75 Å². The fourth-order valence-corrected chi connectivity index (χ4v) is 1.86. The molecule has 110 valence electrons. The second-order valence-corrected chi connectivity index (χ2v) is 4.74. The van der Waals surface area contributed by atoms with E-state index in [0.717, 1.165) is 0 Å². The summed E-state index contributed by atoms with van der Waals surface area (Å²) in [5.74, 6) is 0.147. The van der Waals surface area contributed by atoms with Gasteiger partial charge in [-0.05, 0) is 32.9 Å². The number of benzene rings is 1. The van der Waals surface area contributed by atoms with Crippen LogP contribution in [0.4, 0.5) is 0 Å². The Hall–Kier alpha value is -2.04. The molecule has 1 aromatic carbocycles. The fraction of sp³-hybridized carbons (Fsp3) is 0.467. The maximum atomic E-state index is 12.4. The average molecular weight is 278 g/mol. The molecule has 0 bridgehead atoms. The van der Waals surface area contributed by atoms with Gasteiger partial charge in [0.05, 0.1) is 19.2 Å². The predicted molar refractivity (Wildman–Crippen MR) is 77.9 cm³/mol. The van der Waals surface area contributed by atoms with Crippen LogP contribution in [0.15, 0.2) is 24.3 Å². The smallest absolute Gasteiger partial charge is 0.258 e. The van der Waals surface area contributed by atoms with Crippen molar-refractivity contribution in [1.82, 2.24) is 10.2 Å². The Morgan fingerprint density at radius 2 is 1.95 bits per heavy atom. The first-order chi connectivity index (χ1) is 9.49. The minimum Gasteiger partial charge on any atom is -0.496 e. The van der Waals surface area contributed by atoms with Crippen molar-refractivity contribution in [3.05, 3.63) is 29.8 Å². The molecule has 0 aliphatic rings. The second-order valence-electron chi connectivity index (χ2n) is 4.74. The van der Waals surface area contributed by atoms with E-state index in [1.54, 1.807) is 24.3 Å². The van der Waals surface area contributed by atoms with Crippen LogP contribution in [0, 0.1) is 0 Å². The molecule has 0 saturated heterocycles. The predicted octanol–water partition coefficient (Wildman–Crippen LogP) is 1.68. The molecule has 0 radical (unpaired) electrons. The summed E-state index contributed by atoms with van der Waals surface area (Å²) in [5, 5.41) is 2.78. The van der Waals surface area contributed by atoms with Gasteiger partial charge in [-0.2, -0.15) is 0 Å². The van der Waals surface area contributed by atoms with Crippen LogP contribution in [0.25, 0.3) is 0 Å². The molecule has 0 unspecified atom stereocenters. The van der Waals surface area contributed by atoms with Gasteiger partial charge >= 0.3 is 0 Å². The molecule has 0 aliphatic heterocycles. The molecule has 0 aromatic heterocycles. The van der Waals surface area contributed by atoms with Gasteiger partial charge in [-0.1, -0.05) is 12.1 Å². The van der Waals surface area contributed by atoms with Gasteiger partial charge in [-0.15, -0.1) is 0 Å². The zero-order chi connectivity index (χ0) is 15.1. The number of carbonyl (C=O) groups excluding carboxylic acids is 2. The number of amides is 2. The summed E-state index contributed by atoms with van der Waals surface area (Å²) in [6, 6.07) is 7.07. The lowest BCUT2D eigenvalue weighted by Gasteiger charge is -2.22. The molecule has 1 aromatic rings. The van der Waals surface area contributed by atoms with Gasteiger partial charge < -0.3 is 15.0 Å². The number of hydrogen-bond acceptors (Lipinski definition) is 3. The maximum Gasteiger partial charge on any atom is 0.258 e. The van der Waals surface area contributed by atoms with Crippen molar-refractivity contribution in [3.63, 3.8) is 0 Å². The molecule has 0 saturated carbocycles. The standard InChI is InChI=1S/C15H22N2O3/c1-5-17(10-14(18)16-11(2)3)15(19)12-8-6-7-9-13(12)20-4/h6-9,11H,5,10H2,1-4H3,(H,16,18). The van der Waals surface area contributed by atoms with E-state index in [1.807, 2.05) is 20.8 Å². The zero-order valence-corrected chi connectivity index (χ0v) is 12.5. The molecular formula is C15H22N2O3. The summed E-state index contributed by atoms with van der Waals surface area (Å²) < 4.78 is 5.18. The number of methoxy groups -OCH3 is 1. The van der Waals surface area contributed by atoms with Crippen LogP contribution in [-0.4, -0.2) is 43.0 Å². The van der Waals surface area contributed by atoms with Gasteiger partial charge in [0.25, 0.3) is 5.91 Å². The molecule has 2 amide bonds. The number of likely N-dealkylation sites (N-methyl/N-ethyl adjacent to an activating group) is 1. The minimum atomic E-state index is -0.205. The van der Waals surface area contributed by atoms with Gasteiger partial charge in [-0.3, -0.25) is 9.59 Å². The van der Waals surface area contributed by atoms with E-state index in [4.69, 9.17) is 4.74 Å². The Kier molecular flexibility index (Phi) is 6.03. The molecule has 0 fully saturated rings. The van der Waals surface area contributed by atoms with E-state index in [0.29, 0.717) is 17.9 Å². The topological polar surface area (TPSA) is 58.6 Å². The second kappa shape index (κ2) is 7.53. The zero-order valence-electron chi connectivity index (χ0n) is 12.5. The monoisotopic (exact) mass is 278 g/mol. The lowest BCUT2D eigenvalue weighted by atomic mass is 10.1. The fourth-order valence-electron chi connectivity index (χ4n) is 1.86. The summed E-state index contributed by atoms with van der Waals surface area (Å²) in [6.07, 6.45) is 0. The molecule has 1 N–H and O–H groups in total. The number of rotatable bonds is 6. The molecular weight excluding hydrogens is 256 g/mol. The van der Waals surface area contributed by atoms with Gasteiger partial charge in [-0.25, -0.2) is 0 Å². The van der Waals surface area contributed by atoms with Crippen molar-refractivity contribution in [2.75, 3.05) is 20.2 Å². The van der Waals surface area contributed by atoms with E-state index < -0.39 is 0 Å². The molecule has 0 spiro atoms. The van der Waals surface area contributed by atoms with Crippen molar-refractivity contribution in [1.29, 1.82) is 0 Å². The van der Waals surface area contributed by atoms with Crippen molar-refractivity contribution in [2.45, 2.75) is 26.8 Å². The number of hydrogen-bond donors (Lipinski definition) is 1. The lowest BCUT2D eigenvalue weighted by molar-refractivity contribution is -0.122. The summed E-state index contributed by atoms with van der Waals surface area (Å²) in [5.41, 5.74) is 0.467. The van der Waals surface area contributed by atoms with Crippen LogP contribution in [0.3, 0.4) is 0 Å². The normalized spacial score (nSPS) is 10.2. The van der Waals surface area contributed by atoms with Crippen LogP contribution in [0.1, 0.15) is 31.1 Å². The van der Waals surface area contributed by atoms with Crippen molar-refractivity contribution < 1.29 is 14.3 Å². The van der Waals surface area contributed by atoms with E-state index in [9.17, 15) is 9.59 Å². The Bertz CT molecular complexity index is 472. The highest BCUT2D eigenvalue weighted by molar-refractivity contribution is 5.98. The molecule has 1 rings (SSSR count). The highest BCUT2D eigenvalue weighted by Crippen LogP contribution is 2.19. The third kappa shape index (κ3) is 4.26. The quantitative estimate of drug-likeness (QED) is 0.861. The third-order valence-corrected chi connectivity index (χ3v) is 2.79. The Morgan fingerprint density at radius 1 is 1.30 bits per heavy atom. The summed E-state index contributed by atoms with van der Waals surface area (Å²) in [6.45, 7) is 6.12. The molecule has 0 aliphatic carbocycles. The first kappa shape index (κ1) is 16.0. The van der Waals surface area contributed by atoms with Crippen LogP contribution in [0.5, 0.6) is 5.75 Å². The first-order valence-electron chi connectivity index (χ1n) is 6.71. The SMILES string of the molecule is CCN(CC(=O)NC(C)C)C(=O)c1ccccc1OC. The lowest BCUT2D eigenvalue weighted by Crippen LogP contribution is -2.42. The van der Waals surface area contributed by atoms with Gasteiger partial charge in [0.2, 0.25) is 5.91 Å². The van der Waals surface area contributed by atoms with Crippen molar-refractivity contribution in [2.24, 2.45) is 0 Å². The molecule has 0 atom stereocenters. The minimum absolute atomic E-state index is 0.0472. The van der Waals surface area contributed by atoms with E-state index >= 15 is 0 Å². The van der Waals surface area contributed by atoms with E-state index in [2.05, 4.69) is 5.32 Å². The van der Waals surface area contributed by atoms with E-state index in [-0.39, 0.29) is 24.4 Å². The Labute approximate surface area is 119 Å². The van der Waals surface area contributed by atoms with Crippen molar-refractivity contribution >= 4 is 11.8 Å².